The first-order chi connectivity index (χ1) is 12.5. The van der Waals surface area contributed by atoms with E-state index in [0.29, 0.717) is 17.1 Å². The number of amides is 1. The summed E-state index contributed by atoms with van der Waals surface area (Å²) < 4.78 is 0. The zero-order chi connectivity index (χ0) is 18.5. The van der Waals surface area contributed by atoms with Crippen molar-refractivity contribution >= 4 is 17.7 Å². The van der Waals surface area contributed by atoms with Crippen molar-refractivity contribution in [2.75, 3.05) is 0 Å². The van der Waals surface area contributed by atoms with Crippen LogP contribution in [-0.2, 0) is 6.54 Å². The highest BCUT2D eigenvalue weighted by atomic mass is 32.2. The normalized spacial score (nSPS) is 10.6. The molecule has 2 heterocycles. The van der Waals surface area contributed by atoms with Gasteiger partial charge in [0.25, 0.3) is 5.91 Å². The zero-order valence-corrected chi connectivity index (χ0v) is 15.9. The molecule has 2 aromatic heterocycles. The van der Waals surface area contributed by atoms with Gasteiger partial charge in [0, 0.05) is 29.5 Å². The molecule has 0 unspecified atom stereocenters. The minimum atomic E-state index is -0.133. The Bertz CT molecular complexity index is 923. The lowest BCUT2D eigenvalue weighted by atomic mass is 10.2. The lowest BCUT2D eigenvalue weighted by Gasteiger charge is -2.11. The van der Waals surface area contributed by atoms with Gasteiger partial charge in [0.05, 0.1) is 5.56 Å². The number of hydrogen-bond acceptors (Lipinski definition) is 4. The second-order valence-electron chi connectivity index (χ2n) is 6.22. The molecule has 0 spiro atoms. The van der Waals surface area contributed by atoms with Crippen molar-refractivity contribution in [3.63, 3.8) is 0 Å². The monoisotopic (exact) mass is 363 g/mol. The smallest absolute Gasteiger partial charge is 0.254 e. The van der Waals surface area contributed by atoms with Gasteiger partial charge in [-0.1, -0.05) is 35.5 Å². The number of aromatic nitrogens is 2. The highest BCUT2D eigenvalue weighted by molar-refractivity contribution is 7.99. The fourth-order valence-corrected chi connectivity index (χ4v) is 3.49. The molecule has 4 nitrogen and oxygen atoms in total. The van der Waals surface area contributed by atoms with E-state index in [2.05, 4.69) is 47.3 Å². The molecule has 132 valence electrons. The van der Waals surface area contributed by atoms with Crippen molar-refractivity contribution < 1.29 is 4.79 Å². The second kappa shape index (κ2) is 8.15. The molecule has 0 bridgehead atoms. The molecule has 26 heavy (non-hydrogen) atoms. The Kier molecular flexibility index (Phi) is 5.68. The molecule has 3 rings (SSSR count). The Labute approximate surface area is 158 Å². The van der Waals surface area contributed by atoms with Crippen molar-refractivity contribution in [1.82, 2.24) is 15.3 Å². The minimum absolute atomic E-state index is 0.133. The van der Waals surface area contributed by atoms with Gasteiger partial charge in [0.1, 0.15) is 5.03 Å². The zero-order valence-electron chi connectivity index (χ0n) is 15.1. The lowest BCUT2D eigenvalue weighted by molar-refractivity contribution is 0.0947. The average Bonchev–Trinajstić information content (AvgIpc) is 2.64. The molecule has 3 aromatic rings. The highest BCUT2D eigenvalue weighted by Crippen LogP contribution is 2.31. The summed E-state index contributed by atoms with van der Waals surface area (Å²) in [5, 5.41) is 3.66. The number of pyridine rings is 2. The van der Waals surface area contributed by atoms with Gasteiger partial charge in [0.15, 0.2) is 0 Å². The fraction of sp³-hybridized carbons (Fsp3) is 0.190. The van der Waals surface area contributed by atoms with Gasteiger partial charge < -0.3 is 5.32 Å². The van der Waals surface area contributed by atoms with Crippen LogP contribution in [0.5, 0.6) is 0 Å². The molecular formula is C21H21N3OS. The van der Waals surface area contributed by atoms with Crippen LogP contribution in [-0.4, -0.2) is 15.9 Å². The van der Waals surface area contributed by atoms with Gasteiger partial charge in [-0.05, 0) is 56.2 Å². The maximum Gasteiger partial charge on any atom is 0.254 e. The summed E-state index contributed by atoms with van der Waals surface area (Å²) in [7, 11) is 0. The van der Waals surface area contributed by atoms with Gasteiger partial charge in [-0.3, -0.25) is 9.78 Å². The van der Waals surface area contributed by atoms with Crippen molar-refractivity contribution in [1.29, 1.82) is 0 Å². The molecule has 0 saturated carbocycles. The van der Waals surface area contributed by atoms with Crippen LogP contribution in [0.15, 0.2) is 64.8 Å². The number of carbonyl (C=O) groups is 1. The molecule has 0 atom stereocenters. The topological polar surface area (TPSA) is 54.9 Å². The number of hydrogen-bond donors (Lipinski definition) is 1. The van der Waals surface area contributed by atoms with E-state index in [4.69, 9.17) is 0 Å². The maximum absolute atomic E-state index is 12.7. The van der Waals surface area contributed by atoms with Gasteiger partial charge in [-0.25, -0.2) is 4.98 Å². The largest absolute Gasteiger partial charge is 0.348 e. The van der Waals surface area contributed by atoms with E-state index >= 15 is 0 Å². The highest BCUT2D eigenvalue weighted by Gasteiger charge is 2.14. The number of nitrogens with one attached hydrogen (secondary N) is 1. The number of rotatable bonds is 5. The Morgan fingerprint density at radius 2 is 1.92 bits per heavy atom. The Morgan fingerprint density at radius 1 is 1.08 bits per heavy atom. The summed E-state index contributed by atoms with van der Waals surface area (Å²) in [4.78, 5) is 22.4. The lowest BCUT2D eigenvalue weighted by Crippen LogP contribution is -2.23. The van der Waals surface area contributed by atoms with Crippen molar-refractivity contribution in [2.24, 2.45) is 0 Å². The molecule has 0 radical (unpaired) electrons. The summed E-state index contributed by atoms with van der Waals surface area (Å²) >= 11 is 1.52. The minimum Gasteiger partial charge on any atom is -0.348 e. The summed E-state index contributed by atoms with van der Waals surface area (Å²) in [6.45, 7) is 6.52. The molecule has 0 aliphatic rings. The van der Waals surface area contributed by atoms with Crippen LogP contribution in [0.4, 0.5) is 0 Å². The molecule has 1 aromatic carbocycles. The third-order valence-electron chi connectivity index (χ3n) is 3.98. The van der Waals surface area contributed by atoms with Crippen LogP contribution < -0.4 is 5.32 Å². The number of carbonyl (C=O) groups excluding carboxylic acids is 1. The molecule has 0 aliphatic carbocycles. The van der Waals surface area contributed by atoms with Crippen molar-refractivity contribution in [3.05, 3.63) is 82.8 Å². The second-order valence-corrected chi connectivity index (χ2v) is 7.25. The predicted molar refractivity (Wildman–Crippen MR) is 104 cm³/mol. The summed E-state index contributed by atoms with van der Waals surface area (Å²) in [5.41, 5.74) is 4.91. The third kappa shape index (κ3) is 4.49. The molecule has 0 saturated heterocycles. The Balaban J connectivity index is 1.75. The van der Waals surface area contributed by atoms with E-state index in [1.807, 2.05) is 25.1 Å². The molecule has 1 N–H and O–H groups in total. The predicted octanol–water partition coefficient (Wildman–Crippen LogP) is 4.48. The van der Waals surface area contributed by atoms with E-state index < -0.39 is 0 Å². The van der Waals surface area contributed by atoms with Gasteiger partial charge in [-0.15, -0.1) is 0 Å². The Hall–Kier alpha value is -2.66. The van der Waals surface area contributed by atoms with Crippen molar-refractivity contribution in [2.45, 2.75) is 37.2 Å². The SMILES string of the molecule is Cc1ccc(Sc2ncccc2C(=O)NCc2ccc(C)nc2)c(C)c1. The summed E-state index contributed by atoms with van der Waals surface area (Å²) in [6.07, 6.45) is 3.50. The van der Waals surface area contributed by atoms with Crippen LogP contribution in [0.2, 0.25) is 0 Å². The number of nitrogens with zero attached hydrogens (tertiary/aromatic N) is 2. The van der Waals surface area contributed by atoms with E-state index in [9.17, 15) is 4.79 Å². The van der Waals surface area contributed by atoms with Gasteiger partial charge in [-0.2, -0.15) is 0 Å². The molecule has 0 fully saturated rings. The van der Waals surface area contributed by atoms with Crippen LogP contribution >= 0.6 is 11.8 Å². The van der Waals surface area contributed by atoms with Crippen molar-refractivity contribution in [3.8, 4) is 0 Å². The van der Waals surface area contributed by atoms with Gasteiger partial charge in [0.2, 0.25) is 0 Å². The van der Waals surface area contributed by atoms with Gasteiger partial charge >= 0.3 is 0 Å². The summed E-state index contributed by atoms with van der Waals surface area (Å²) in [6, 6.07) is 13.8. The maximum atomic E-state index is 12.7. The van der Waals surface area contributed by atoms with E-state index in [-0.39, 0.29) is 5.91 Å². The number of aryl methyl sites for hydroxylation is 3. The van der Waals surface area contributed by atoms with E-state index in [0.717, 1.165) is 16.2 Å². The fourth-order valence-electron chi connectivity index (χ4n) is 2.54. The van der Waals surface area contributed by atoms with Crippen LogP contribution in [0.3, 0.4) is 0 Å². The van der Waals surface area contributed by atoms with Crippen LogP contribution in [0.25, 0.3) is 0 Å². The third-order valence-corrected chi connectivity index (χ3v) is 5.18. The van der Waals surface area contributed by atoms with Crippen LogP contribution in [0, 0.1) is 20.8 Å². The summed E-state index contributed by atoms with van der Waals surface area (Å²) in [5.74, 6) is -0.133. The first kappa shape index (κ1) is 18.1. The molecule has 5 heteroatoms. The first-order valence-corrected chi connectivity index (χ1v) is 9.24. The average molecular weight is 363 g/mol. The quantitative estimate of drug-likeness (QED) is 0.726. The number of benzene rings is 1. The van der Waals surface area contributed by atoms with E-state index in [1.54, 1.807) is 18.5 Å². The van der Waals surface area contributed by atoms with E-state index in [1.165, 1.54) is 22.9 Å². The van der Waals surface area contributed by atoms with Crippen LogP contribution in [0.1, 0.15) is 32.7 Å². The standard InChI is InChI=1S/C21H21N3OS/c1-14-6-9-19(15(2)11-14)26-21-18(5-4-10-22-21)20(25)24-13-17-8-7-16(3)23-12-17/h4-12H,13H2,1-3H3,(H,24,25). The molecule has 0 aliphatic heterocycles. The first-order valence-electron chi connectivity index (χ1n) is 8.43. The molecule has 1 amide bonds. The Morgan fingerprint density at radius 3 is 2.65 bits per heavy atom. The molecular weight excluding hydrogens is 342 g/mol.